The molecule has 4 heteroatoms. The first kappa shape index (κ1) is 12.2. The maximum atomic E-state index is 11.4. The van der Waals surface area contributed by atoms with E-state index < -0.39 is 12.0 Å². The molecule has 1 rings (SSSR count). The molecule has 1 amide bonds. The minimum atomic E-state index is -0.610. The number of esters is 1. The zero-order valence-electron chi connectivity index (χ0n) is 9.40. The van der Waals surface area contributed by atoms with Gasteiger partial charge in [-0.1, -0.05) is 30.3 Å². The molecule has 0 heterocycles. The summed E-state index contributed by atoms with van der Waals surface area (Å²) in [6.07, 6.45) is 0. The number of nitrogens with one attached hydrogen (secondary N) is 1. The molecule has 0 bridgehead atoms. The maximum absolute atomic E-state index is 11.4. The van der Waals surface area contributed by atoms with E-state index in [1.807, 2.05) is 30.3 Å². The first-order valence-corrected chi connectivity index (χ1v) is 5.07. The Kier molecular flexibility index (Phi) is 4.51. The monoisotopic (exact) mass is 221 g/mol. The number of amides is 1. The van der Waals surface area contributed by atoms with Gasteiger partial charge in [0.05, 0.1) is 0 Å². The molecule has 0 radical (unpaired) electrons. The van der Waals surface area contributed by atoms with Crippen LogP contribution in [0.15, 0.2) is 30.3 Å². The molecule has 0 saturated carbocycles. The predicted octanol–water partition coefficient (Wildman–Crippen LogP) is 1.25. The third-order valence-electron chi connectivity index (χ3n) is 2.00. The van der Waals surface area contributed by atoms with Crippen molar-refractivity contribution < 1.29 is 14.3 Å². The van der Waals surface area contributed by atoms with Crippen molar-refractivity contribution in [2.45, 2.75) is 26.5 Å². The summed E-state index contributed by atoms with van der Waals surface area (Å²) in [5.74, 6) is -0.678. The van der Waals surface area contributed by atoms with Gasteiger partial charge in [0.25, 0.3) is 0 Å². The number of carbonyl (C=O) groups excluding carboxylic acids is 2. The Morgan fingerprint density at radius 3 is 2.50 bits per heavy atom. The Balaban J connectivity index is 2.38. The summed E-state index contributed by atoms with van der Waals surface area (Å²) < 4.78 is 5.04. The van der Waals surface area contributed by atoms with Crippen molar-refractivity contribution >= 4 is 11.9 Å². The van der Waals surface area contributed by atoms with E-state index in [-0.39, 0.29) is 12.5 Å². The fraction of sp³-hybridized carbons (Fsp3) is 0.333. The first-order valence-electron chi connectivity index (χ1n) is 5.07. The van der Waals surface area contributed by atoms with Crippen LogP contribution in [-0.4, -0.2) is 17.9 Å². The summed E-state index contributed by atoms with van der Waals surface area (Å²) in [5, 5.41) is 2.47. The number of hydrogen-bond acceptors (Lipinski definition) is 3. The molecule has 4 nitrogen and oxygen atoms in total. The van der Waals surface area contributed by atoms with Gasteiger partial charge >= 0.3 is 5.97 Å². The van der Waals surface area contributed by atoms with Gasteiger partial charge in [-0.25, -0.2) is 4.79 Å². The van der Waals surface area contributed by atoms with Crippen LogP contribution in [0.5, 0.6) is 0 Å². The van der Waals surface area contributed by atoms with Gasteiger partial charge in [0, 0.05) is 6.92 Å². The lowest BCUT2D eigenvalue weighted by atomic mass is 10.2. The van der Waals surface area contributed by atoms with E-state index >= 15 is 0 Å². The van der Waals surface area contributed by atoms with Crippen LogP contribution in [0.2, 0.25) is 0 Å². The predicted molar refractivity (Wildman–Crippen MR) is 59.5 cm³/mol. The summed E-state index contributed by atoms with van der Waals surface area (Å²) in [7, 11) is 0. The molecule has 16 heavy (non-hydrogen) atoms. The number of benzene rings is 1. The van der Waals surface area contributed by atoms with Crippen LogP contribution < -0.4 is 5.32 Å². The lowest BCUT2D eigenvalue weighted by Gasteiger charge is -2.11. The molecule has 1 N–H and O–H groups in total. The van der Waals surface area contributed by atoms with Crippen molar-refractivity contribution in [3.05, 3.63) is 35.9 Å². The van der Waals surface area contributed by atoms with Crippen molar-refractivity contribution in [2.24, 2.45) is 0 Å². The van der Waals surface area contributed by atoms with Crippen molar-refractivity contribution in [1.29, 1.82) is 0 Å². The molecule has 0 aliphatic rings. The van der Waals surface area contributed by atoms with E-state index in [1.54, 1.807) is 6.92 Å². The molecule has 1 unspecified atom stereocenters. The van der Waals surface area contributed by atoms with Gasteiger partial charge in [-0.05, 0) is 12.5 Å². The summed E-state index contributed by atoms with van der Waals surface area (Å²) in [5.41, 5.74) is 0.922. The molecule has 1 aromatic carbocycles. The third-order valence-corrected chi connectivity index (χ3v) is 2.00. The molecular formula is C12H15NO3. The summed E-state index contributed by atoms with van der Waals surface area (Å²) in [6.45, 7) is 3.18. The molecule has 1 aromatic rings. The highest BCUT2D eigenvalue weighted by Gasteiger charge is 2.14. The fourth-order valence-electron chi connectivity index (χ4n) is 1.22. The smallest absolute Gasteiger partial charge is 0.328 e. The topological polar surface area (TPSA) is 55.4 Å². The van der Waals surface area contributed by atoms with Crippen LogP contribution in [0, 0.1) is 0 Å². The summed E-state index contributed by atoms with van der Waals surface area (Å²) in [4.78, 5) is 22.1. The molecule has 0 aromatic heterocycles. The summed E-state index contributed by atoms with van der Waals surface area (Å²) in [6, 6.07) is 8.78. The number of hydrogen-bond donors (Lipinski definition) is 1. The highest BCUT2D eigenvalue weighted by molar-refractivity contribution is 5.82. The average Bonchev–Trinajstić information content (AvgIpc) is 2.26. The highest BCUT2D eigenvalue weighted by atomic mass is 16.5. The molecule has 0 aliphatic carbocycles. The van der Waals surface area contributed by atoms with Crippen LogP contribution in [-0.2, 0) is 20.9 Å². The minimum absolute atomic E-state index is 0.226. The molecular weight excluding hydrogens is 206 g/mol. The Hall–Kier alpha value is -1.84. The van der Waals surface area contributed by atoms with E-state index in [4.69, 9.17) is 4.74 Å². The van der Waals surface area contributed by atoms with E-state index in [0.717, 1.165) is 5.56 Å². The Morgan fingerprint density at radius 2 is 1.94 bits per heavy atom. The normalized spacial score (nSPS) is 11.6. The zero-order valence-corrected chi connectivity index (χ0v) is 9.40. The van der Waals surface area contributed by atoms with E-state index in [9.17, 15) is 9.59 Å². The average molecular weight is 221 g/mol. The Bertz CT molecular complexity index is 362. The van der Waals surface area contributed by atoms with Gasteiger partial charge in [0.15, 0.2) is 0 Å². The second-order valence-corrected chi connectivity index (χ2v) is 3.52. The minimum Gasteiger partial charge on any atom is -0.459 e. The lowest BCUT2D eigenvalue weighted by molar-refractivity contribution is -0.148. The van der Waals surface area contributed by atoms with Crippen LogP contribution in [0.25, 0.3) is 0 Å². The van der Waals surface area contributed by atoms with Gasteiger partial charge in [-0.2, -0.15) is 0 Å². The molecule has 86 valence electrons. The second-order valence-electron chi connectivity index (χ2n) is 3.52. The van der Waals surface area contributed by atoms with Crippen LogP contribution in [0.4, 0.5) is 0 Å². The largest absolute Gasteiger partial charge is 0.459 e. The fourth-order valence-corrected chi connectivity index (χ4v) is 1.22. The summed E-state index contributed by atoms with van der Waals surface area (Å²) >= 11 is 0. The Labute approximate surface area is 94.6 Å². The molecule has 0 aliphatic heterocycles. The van der Waals surface area contributed by atoms with Crippen LogP contribution in [0.3, 0.4) is 0 Å². The second kappa shape index (κ2) is 5.90. The van der Waals surface area contributed by atoms with E-state index in [2.05, 4.69) is 5.32 Å². The van der Waals surface area contributed by atoms with E-state index in [0.29, 0.717) is 0 Å². The van der Waals surface area contributed by atoms with Crippen LogP contribution in [0.1, 0.15) is 19.4 Å². The zero-order chi connectivity index (χ0) is 12.0. The molecule has 1 atom stereocenters. The lowest BCUT2D eigenvalue weighted by Crippen LogP contribution is -2.38. The van der Waals surface area contributed by atoms with Crippen LogP contribution >= 0.6 is 0 Å². The third kappa shape index (κ3) is 4.13. The number of carbonyl (C=O) groups is 2. The van der Waals surface area contributed by atoms with Gasteiger partial charge in [0.1, 0.15) is 12.6 Å². The quantitative estimate of drug-likeness (QED) is 0.778. The molecule has 0 saturated heterocycles. The maximum Gasteiger partial charge on any atom is 0.328 e. The molecule has 0 fully saturated rings. The molecule has 0 spiro atoms. The van der Waals surface area contributed by atoms with Crippen molar-refractivity contribution in [3.8, 4) is 0 Å². The van der Waals surface area contributed by atoms with E-state index in [1.165, 1.54) is 6.92 Å². The van der Waals surface area contributed by atoms with Gasteiger partial charge in [-0.3, -0.25) is 4.79 Å². The van der Waals surface area contributed by atoms with Crippen molar-refractivity contribution in [2.75, 3.05) is 0 Å². The highest BCUT2D eigenvalue weighted by Crippen LogP contribution is 2.01. The van der Waals surface area contributed by atoms with Crippen molar-refractivity contribution in [3.63, 3.8) is 0 Å². The van der Waals surface area contributed by atoms with Gasteiger partial charge in [0.2, 0.25) is 5.91 Å². The SMILES string of the molecule is CC(=O)NC(C)C(=O)OCc1ccccc1. The number of ether oxygens (including phenoxy) is 1. The van der Waals surface area contributed by atoms with Gasteiger partial charge in [-0.15, -0.1) is 0 Å². The first-order chi connectivity index (χ1) is 7.59. The van der Waals surface area contributed by atoms with Gasteiger partial charge < -0.3 is 10.1 Å². The Morgan fingerprint density at radius 1 is 1.31 bits per heavy atom. The number of rotatable bonds is 4. The van der Waals surface area contributed by atoms with Crippen molar-refractivity contribution in [1.82, 2.24) is 5.32 Å². The standard InChI is InChI=1S/C12H15NO3/c1-9(13-10(2)14)12(15)16-8-11-6-4-3-5-7-11/h3-7,9H,8H2,1-2H3,(H,13,14).